The van der Waals surface area contributed by atoms with Crippen molar-refractivity contribution in [1.82, 2.24) is 20.2 Å². The van der Waals surface area contributed by atoms with E-state index in [9.17, 15) is 23.2 Å². The van der Waals surface area contributed by atoms with Crippen molar-refractivity contribution in [2.45, 2.75) is 24.9 Å². The molecule has 1 fully saturated rings. The molecule has 1 aliphatic rings. The third-order valence-corrected chi connectivity index (χ3v) is 7.05. The second kappa shape index (κ2) is 12.8. The van der Waals surface area contributed by atoms with Gasteiger partial charge in [-0.2, -0.15) is 9.65 Å². The van der Waals surface area contributed by atoms with Gasteiger partial charge in [0.2, 0.25) is 5.82 Å². The van der Waals surface area contributed by atoms with Crippen LogP contribution >= 0.6 is 11.6 Å². The predicted octanol–water partition coefficient (Wildman–Crippen LogP) is 3.26. The molecule has 0 bridgehead atoms. The Hall–Kier alpha value is -4.54. The second-order valence-corrected chi connectivity index (χ2v) is 11.6. The molecule has 3 amide bonds. The highest BCUT2D eigenvalue weighted by Gasteiger charge is 2.33. The summed E-state index contributed by atoms with van der Waals surface area (Å²) in [6.45, 7) is -0.0821. The summed E-state index contributed by atoms with van der Waals surface area (Å²) in [5, 5.41) is 17.2. The monoisotopic (exact) mass is 614 g/mol. The van der Waals surface area contributed by atoms with Crippen LogP contribution in [-0.2, 0) is 11.8 Å². The first-order chi connectivity index (χ1) is 20.3. The van der Waals surface area contributed by atoms with Gasteiger partial charge in [-0.1, -0.05) is 11.6 Å². The summed E-state index contributed by atoms with van der Waals surface area (Å²) in [5.41, 5.74) is 0.482. The molecule has 1 saturated carbocycles. The van der Waals surface area contributed by atoms with Crippen molar-refractivity contribution in [1.29, 1.82) is 5.26 Å². The number of ether oxygens (including phenoxy) is 1. The normalized spacial score (nSPS) is 16.0. The van der Waals surface area contributed by atoms with E-state index in [4.69, 9.17) is 21.6 Å². The molecule has 1 aliphatic carbocycles. The minimum absolute atomic E-state index is 0.00219. The highest BCUT2D eigenvalue weighted by molar-refractivity contribution is 6.34. The zero-order chi connectivity index (χ0) is 31.5. The number of carbonyl (C=O) groups excluding carboxylic acids is 3. The van der Waals surface area contributed by atoms with Gasteiger partial charge < -0.3 is 29.7 Å². The lowest BCUT2D eigenvalue weighted by atomic mass is 9.86. The van der Waals surface area contributed by atoms with Gasteiger partial charge in [0.25, 0.3) is 17.7 Å². The number of anilines is 1. The van der Waals surface area contributed by atoms with Crippen molar-refractivity contribution in [3.63, 3.8) is 0 Å². The molecule has 1 heterocycles. The van der Waals surface area contributed by atoms with Crippen LogP contribution in [0.15, 0.2) is 36.5 Å². The third-order valence-electron chi connectivity index (χ3n) is 6.73. The van der Waals surface area contributed by atoms with E-state index < -0.39 is 29.9 Å². The lowest BCUT2D eigenvalue weighted by Crippen LogP contribution is -2.56. The molecule has 226 valence electrons. The van der Waals surface area contributed by atoms with E-state index in [1.165, 1.54) is 48.1 Å². The number of aromatic nitrogens is 2. The lowest BCUT2D eigenvalue weighted by Gasteiger charge is -2.36. The van der Waals surface area contributed by atoms with Gasteiger partial charge >= 0.3 is 0 Å². The van der Waals surface area contributed by atoms with Crippen LogP contribution in [0, 0.1) is 23.0 Å². The van der Waals surface area contributed by atoms with Gasteiger partial charge in [-0.3, -0.25) is 14.4 Å². The number of hydrogen-bond donors (Lipinski definition) is 3. The standard InChI is InChI=1S/C29H30ClF2N7O4/c1-38-22(20-7-8-23(43-10-9-33)26(32)25(20)31)14-34-27(38)29(42)36-16-5-6-19(21(30)13-16)28(41)37-18-11-17(12-18)35-24(40)15-39(2,3)4/h5-8,13-14,17-18H,10-12,15H2,1-4H3,(H2-,35,36,37,40,41,42)/p+1/t17-,18+. The summed E-state index contributed by atoms with van der Waals surface area (Å²) >= 11 is 6.35. The van der Waals surface area contributed by atoms with Crippen LogP contribution < -0.4 is 20.7 Å². The van der Waals surface area contributed by atoms with E-state index in [1.807, 2.05) is 21.1 Å². The van der Waals surface area contributed by atoms with E-state index in [2.05, 4.69) is 20.9 Å². The first-order valence-electron chi connectivity index (χ1n) is 13.3. The van der Waals surface area contributed by atoms with Crippen LogP contribution in [0.4, 0.5) is 14.5 Å². The van der Waals surface area contributed by atoms with E-state index in [0.29, 0.717) is 23.9 Å². The molecular formula is C29H31ClF2N7O4+. The number of quaternary nitrogens is 1. The number of benzene rings is 2. The molecule has 0 saturated heterocycles. The van der Waals surface area contributed by atoms with Gasteiger partial charge in [0.1, 0.15) is 6.07 Å². The Labute approximate surface area is 252 Å². The maximum absolute atomic E-state index is 14.7. The summed E-state index contributed by atoms with van der Waals surface area (Å²) < 4.78 is 35.8. The van der Waals surface area contributed by atoms with Crippen LogP contribution in [-0.4, -0.2) is 78.1 Å². The van der Waals surface area contributed by atoms with Crippen LogP contribution in [0.3, 0.4) is 0 Å². The zero-order valence-corrected chi connectivity index (χ0v) is 24.8. The topological polar surface area (TPSA) is 138 Å². The largest absolute Gasteiger partial charge is 0.476 e. The fourth-order valence-corrected chi connectivity index (χ4v) is 4.87. The van der Waals surface area contributed by atoms with Crippen LogP contribution in [0.1, 0.15) is 33.8 Å². The smallest absolute Gasteiger partial charge is 0.291 e. The molecule has 0 aliphatic heterocycles. The summed E-state index contributed by atoms with van der Waals surface area (Å²) in [7, 11) is 7.27. The molecule has 3 aromatic rings. The number of carbonyl (C=O) groups is 3. The summed E-state index contributed by atoms with van der Waals surface area (Å²) in [5.74, 6) is -4.05. The number of amides is 3. The Kier molecular flexibility index (Phi) is 9.32. The van der Waals surface area contributed by atoms with Gasteiger partial charge in [0.15, 0.2) is 30.5 Å². The van der Waals surface area contributed by atoms with Crippen molar-refractivity contribution < 1.29 is 32.4 Å². The van der Waals surface area contributed by atoms with Crippen LogP contribution in [0.5, 0.6) is 5.75 Å². The van der Waals surface area contributed by atoms with E-state index in [0.717, 1.165) is 0 Å². The van der Waals surface area contributed by atoms with Crippen molar-refractivity contribution >= 4 is 35.0 Å². The minimum Gasteiger partial charge on any atom is -0.476 e. The van der Waals surface area contributed by atoms with E-state index in [1.54, 1.807) is 6.07 Å². The number of nitriles is 1. The zero-order valence-electron chi connectivity index (χ0n) is 24.0. The van der Waals surface area contributed by atoms with E-state index in [-0.39, 0.29) is 57.3 Å². The number of rotatable bonds is 10. The Morgan fingerprint density at radius 3 is 2.44 bits per heavy atom. The number of hydrogen-bond acceptors (Lipinski definition) is 6. The van der Waals surface area contributed by atoms with Crippen molar-refractivity contribution in [2.75, 3.05) is 39.6 Å². The molecule has 0 spiro atoms. The van der Waals surface area contributed by atoms with Gasteiger partial charge in [0.05, 0.1) is 43.6 Å². The summed E-state index contributed by atoms with van der Waals surface area (Å²) in [6, 6.07) is 8.43. The Morgan fingerprint density at radius 2 is 1.79 bits per heavy atom. The molecule has 0 unspecified atom stereocenters. The molecular weight excluding hydrogens is 584 g/mol. The number of likely N-dealkylation sites (N-methyl/N-ethyl adjacent to an activating group) is 1. The SMILES string of the molecule is Cn1c(-c2ccc(OCC#N)c(F)c2F)cnc1C(=O)Nc1ccc(C(=O)N[C@H]2C[C@@H](NC(=O)C[N+](C)(C)C)C2)c(Cl)c1. The van der Waals surface area contributed by atoms with Gasteiger partial charge in [-0.25, -0.2) is 9.37 Å². The third kappa shape index (κ3) is 7.46. The Balaban J connectivity index is 1.36. The first-order valence-corrected chi connectivity index (χ1v) is 13.7. The quantitative estimate of drug-likeness (QED) is 0.300. The highest BCUT2D eigenvalue weighted by atomic mass is 35.5. The maximum Gasteiger partial charge on any atom is 0.291 e. The lowest BCUT2D eigenvalue weighted by molar-refractivity contribution is -0.862. The Morgan fingerprint density at radius 1 is 1.09 bits per heavy atom. The van der Waals surface area contributed by atoms with Crippen molar-refractivity contribution in [3.8, 4) is 23.1 Å². The number of nitrogens with zero attached hydrogens (tertiary/aromatic N) is 4. The second-order valence-electron chi connectivity index (χ2n) is 11.2. The highest BCUT2D eigenvalue weighted by Crippen LogP contribution is 2.30. The van der Waals surface area contributed by atoms with Gasteiger partial charge in [0, 0.05) is 30.4 Å². The molecule has 14 heteroatoms. The molecule has 1 aromatic heterocycles. The molecule has 3 N–H and O–H groups in total. The Bertz CT molecular complexity index is 1610. The van der Waals surface area contributed by atoms with Crippen LogP contribution in [0.2, 0.25) is 5.02 Å². The molecule has 2 aromatic carbocycles. The summed E-state index contributed by atoms with van der Waals surface area (Å²) in [4.78, 5) is 41.9. The number of halogens is 3. The fourth-order valence-electron chi connectivity index (χ4n) is 4.61. The maximum atomic E-state index is 14.7. The molecule has 11 nitrogen and oxygen atoms in total. The average molecular weight is 615 g/mol. The van der Waals surface area contributed by atoms with Crippen molar-refractivity contribution in [2.24, 2.45) is 7.05 Å². The summed E-state index contributed by atoms with van der Waals surface area (Å²) in [6.07, 6.45) is 2.45. The average Bonchev–Trinajstić information content (AvgIpc) is 3.28. The molecule has 4 rings (SSSR count). The first kappa shape index (κ1) is 31.4. The van der Waals surface area contributed by atoms with Gasteiger partial charge in [-0.15, -0.1) is 0 Å². The minimum atomic E-state index is -1.27. The van der Waals surface area contributed by atoms with Gasteiger partial charge in [-0.05, 0) is 43.2 Å². The fraction of sp³-hybridized carbons (Fsp3) is 0.345. The van der Waals surface area contributed by atoms with Crippen LogP contribution in [0.25, 0.3) is 11.3 Å². The van der Waals surface area contributed by atoms with Crippen molar-refractivity contribution in [3.05, 3.63) is 64.6 Å². The number of nitrogens with one attached hydrogen (secondary N) is 3. The van der Waals surface area contributed by atoms with E-state index >= 15 is 0 Å². The number of imidazole rings is 1. The predicted molar refractivity (Wildman–Crippen MR) is 154 cm³/mol. The molecule has 43 heavy (non-hydrogen) atoms. The molecule has 0 radical (unpaired) electrons. The molecule has 0 atom stereocenters.